The second kappa shape index (κ2) is 11.5. The maximum Gasteiger partial charge on any atom is 1.00 e. The largest absolute Gasteiger partial charge is 1.00 e. The Morgan fingerprint density at radius 1 is 0.679 bits per heavy atom. The Balaban J connectivity index is 0. The predicted octanol–water partition coefficient (Wildman–Crippen LogP) is -4.95. The summed E-state index contributed by atoms with van der Waals surface area (Å²) >= 11 is 0. The summed E-state index contributed by atoms with van der Waals surface area (Å²) in [5, 5.41) is 0. The molecule has 2 aromatic rings. The molecule has 28 heavy (non-hydrogen) atoms. The molecule has 0 saturated carbocycles. The SMILES string of the molecule is Cc1cccc(S(=O)(=O)O)c1C.O=S(=O)([O-])c1ccccc1S(=O)(=O)[O-].[Na+].[Na+]. The number of hydrogen-bond acceptors (Lipinski definition) is 8. The van der Waals surface area contributed by atoms with Crippen LogP contribution in [-0.2, 0) is 30.4 Å². The van der Waals surface area contributed by atoms with Gasteiger partial charge in [0, 0.05) is 0 Å². The number of benzene rings is 2. The molecule has 2 aromatic carbocycles. The molecule has 2 rings (SSSR count). The van der Waals surface area contributed by atoms with Crippen LogP contribution in [0.1, 0.15) is 11.1 Å². The Kier molecular flexibility index (Phi) is 12.5. The zero-order chi connectivity index (χ0) is 20.3. The Bertz CT molecular complexity index is 1080. The Morgan fingerprint density at radius 2 is 1.04 bits per heavy atom. The first-order chi connectivity index (χ1) is 11.7. The van der Waals surface area contributed by atoms with Crippen molar-refractivity contribution >= 4 is 30.4 Å². The Morgan fingerprint density at radius 3 is 1.32 bits per heavy atom. The summed E-state index contributed by atoms with van der Waals surface area (Å²) in [7, 11) is -13.9. The molecule has 9 nitrogen and oxygen atoms in total. The summed E-state index contributed by atoms with van der Waals surface area (Å²) in [5.74, 6) is 0. The van der Waals surface area contributed by atoms with Crippen molar-refractivity contribution in [2.24, 2.45) is 0 Å². The van der Waals surface area contributed by atoms with Crippen molar-refractivity contribution in [1.29, 1.82) is 0 Å². The maximum atomic E-state index is 10.8. The van der Waals surface area contributed by atoms with Crippen molar-refractivity contribution in [2.75, 3.05) is 0 Å². The quantitative estimate of drug-likeness (QED) is 0.343. The summed E-state index contributed by atoms with van der Waals surface area (Å²) in [6.07, 6.45) is 0. The van der Waals surface area contributed by atoms with Gasteiger partial charge in [0.25, 0.3) is 10.1 Å². The van der Waals surface area contributed by atoms with E-state index < -0.39 is 40.1 Å². The second-order valence-electron chi connectivity index (χ2n) is 5.03. The number of aryl methyl sites for hydroxylation is 1. The molecule has 144 valence electrons. The number of hydrogen-bond donors (Lipinski definition) is 1. The molecule has 0 heterocycles. The smallest absolute Gasteiger partial charge is 0.744 e. The van der Waals surface area contributed by atoms with Gasteiger partial charge in [0.1, 0.15) is 20.2 Å². The molecule has 0 aliphatic heterocycles. The van der Waals surface area contributed by atoms with Gasteiger partial charge in [-0.25, -0.2) is 16.8 Å². The predicted molar refractivity (Wildman–Crippen MR) is 88.1 cm³/mol. The maximum absolute atomic E-state index is 10.8. The van der Waals surface area contributed by atoms with Crippen molar-refractivity contribution in [1.82, 2.24) is 0 Å². The molecule has 1 N–H and O–H groups in total. The van der Waals surface area contributed by atoms with Gasteiger partial charge in [-0.1, -0.05) is 24.3 Å². The van der Waals surface area contributed by atoms with E-state index in [4.69, 9.17) is 4.55 Å². The third kappa shape index (κ3) is 8.90. The van der Waals surface area contributed by atoms with Crippen LogP contribution in [0.2, 0.25) is 0 Å². The van der Waals surface area contributed by atoms with Gasteiger partial charge in [-0.05, 0) is 43.2 Å². The van der Waals surface area contributed by atoms with Crippen LogP contribution in [0.25, 0.3) is 0 Å². The van der Waals surface area contributed by atoms with E-state index in [9.17, 15) is 34.4 Å². The fourth-order valence-corrected chi connectivity index (χ4v) is 4.40. The van der Waals surface area contributed by atoms with Crippen LogP contribution in [0.5, 0.6) is 0 Å². The van der Waals surface area contributed by atoms with E-state index in [1.54, 1.807) is 26.0 Å². The van der Waals surface area contributed by atoms with E-state index in [1.165, 1.54) is 6.07 Å². The Labute approximate surface area is 208 Å². The summed E-state index contributed by atoms with van der Waals surface area (Å²) < 4.78 is 93.5. The van der Waals surface area contributed by atoms with Crippen molar-refractivity contribution in [3.8, 4) is 0 Å². The third-order valence-electron chi connectivity index (χ3n) is 3.22. The fourth-order valence-electron chi connectivity index (χ4n) is 1.87. The minimum absolute atomic E-state index is 0. The van der Waals surface area contributed by atoms with E-state index in [1.807, 2.05) is 0 Å². The molecule has 14 heteroatoms. The average Bonchev–Trinajstić information content (AvgIpc) is 2.48. The van der Waals surface area contributed by atoms with Crippen LogP contribution >= 0.6 is 0 Å². The van der Waals surface area contributed by atoms with Crippen molar-refractivity contribution < 1.29 is 98.0 Å². The minimum atomic E-state index is -4.95. The van der Waals surface area contributed by atoms with Crippen LogP contribution in [0.3, 0.4) is 0 Å². The standard InChI is InChI=1S/C8H10O3S.C6H6O6S2.2Na/c1-6-4-3-5-8(7(6)2)12(9,10)11;7-13(8,9)5-3-1-2-4-6(5)14(10,11)12;;/h3-5H,1-2H3,(H,9,10,11);1-4H,(H,7,8,9)(H,10,11,12);;/q;;2*+1/p-2. The summed E-state index contributed by atoms with van der Waals surface area (Å²) in [6.45, 7) is 3.46. The van der Waals surface area contributed by atoms with Crippen LogP contribution in [0.15, 0.2) is 57.2 Å². The molecule has 0 fully saturated rings. The van der Waals surface area contributed by atoms with E-state index in [0.29, 0.717) is 5.56 Å². The van der Waals surface area contributed by atoms with Gasteiger partial charge in [-0.15, -0.1) is 0 Å². The van der Waals surface area contributed by atoms with Crippen molar-refractivity contribution in [3.63, 3.8) is 0 Å². The number of rotatable bonds is 3. The fraction of sp³-hybridized carbons (Fsp3) is 0.143. The molecule has 0 bridgehead atoms. The molecule has 0 atom stereocenters. The van der Waals surface area contributed by atoms with Gasteiger partial charge < -0.3 is 9.11 Å². The van der Waals surface area contributed by atoms with Crippen molar-refractivity contribution in [2.45, 2.75) is 28.5 Å². The van der Waals surface area contributed by atoms with Crippen LogP contribution < -0.4 is 59.1 Å². The molecule has 0 amide bonds. The van der Waals surface area contributed by atoms with Crippen molar-refractivity contribution in [3.05, 3.63) is 53.6 Å². The summed E-state index contributed by atoms with van der Waals surface area (Å²) in [5.41, 5.74) is 1.45. The first-order valence-electron chi connectivity index (χ1n) is 6.70. The van der Waals surface area contributed by atoms with Gasteiger partial charge in [0.05, 0.1) is 14.7 Å². The molecule has 0 spiro atoms. The minimum Gasteiger partial charge on any atom is -0.744 e. The van der Waals surface area contributed by atoms with Gasteiger partial charge in [0.15, 0.2) is 0 Å². The Hall–Kier alpha value is 0.170. The molecular weight excluding hydrogens is 454 g/mol. The molecular formula is C14H14Na2O9S3. The van der Waals surface area contributed by atoms with Crippen LogP contribution in [-0.4, -0.2) is 38.9 Å². The zero-order valence-electron chi connectivity index (χ0n) is 15.5. The van der Waals surface area contributed by atoms with E-state index in [2.05, 4.69) is 0 Å². The molecule has 0 aromatic heterocycles. The first kappa shape index (κ1) is 30.4. The summed E-state index contributed by atoms with van der Waals surface area (Å²) in [6, 6.07) is 8.63. The van der Waals surface area contributed by atoms with Crippen LogP contribution in [0, 0.1) is 13.8 Å². The third-order valence-corrected chi connectivity index (χ3v) is 6.14. The van der Waals surface area contributed by atoms with E-state index in [0.717, 1.165) is 29.8 Å². The van der Waals surface area contributed by atoms with Gasteiger partial charge >= 0.3 is 59.1 Å². The molecule has 0 aliphatic carbocycles. The molecule has 0 unspecified atom stereocenters. The van der Waals surface area contributed by atoms with E-state index in [-0.39, 0.29) is 64.0 Å². The molecule has 0 aliphatic rings. The second-order valence-corrected chi connectivity index (χ2v) is 9.11. The van der Waals surface area contributed by atoms with Crippen LogP contribution in [0.4, 0.5) is 0 Å². The normalized spacial score (nSPS) is 11.3. The molecule has 0 saturated heterocycles. The average molecular weight is 468 g/mol. The van der Waals surface area contributed by atoms with Gasteiger partial charge in [-0.2, -0.15) is 8.42 Å². The van der Waals surface area contributed by atoms with E-state index >= 15 is 0 Å². The van der Waals surface area contributed by atoms with Gasteiger partial charge in [-0.3, -0.25) is 4.55 Å². The van der Waals surface area contributed by atoms with Gasteiger partial charge in [0.2, 0.25) is 0 Å². The zero-order valence-corrected chi connectivity index (χ0v) is 21.9. The monoisotopic (exact) mass is 468 g/mol. The summed E-state index contributed by atoms with van der Waals surface area (Å²) in [4.78, 5) is -2.05. The first-order valence-corrected chi connectivity index (χ1v) is 11.0. The topological polar surface area (TPSA) is 169 Å². The molecule has 0 radical (unpaired) electrons.